The maximum Gasteiger partial charge on any atom is 0.387 e. The van der Waals surface area contributed by atoms with Gasteiger partial charge in [-0.25, -0.2) is 4.99 Å². The summed E-state index contributed by atoms with van der Waals surface area (Å²) in [7, 11) is 2.95. The predicted octanol–water partition coefficient (Wildman–Crippen LogP) is 7.13. The minimum absolute atomic E-state index is 0.0838. The first-order valence-corrected chi connectivity index (χ1v) is 16.1. The van der Waals surface area contributed by atoms with E-state index in [1.807, 2.05) is 0 Å². The number of hydrogen-bond acceptors (Lipinski definition) is 8. The fraction of sp³-hybridized carbons (Fsp3) is 0.194. The zero-order valence-corrected chi connectivity index (χ0v) is 30.7. The molecule has 1 amide bonds. The van der Waals surface area contributed by atoms with Crippen LogP contribution in [0.2, 0.25) is 0 Å². The summed E-state index contributed by atoms with van der Waals surface area (Å²) in [4.78, 5) is 21.8. The Morgan fingerprint density at radius 1 is 0.732 bits per heavy atom. The third-order valence-corrected chi connectivity index (χ3v) is 7.27. The summed E-state index contributed by atoms with van der Waals surface area (Å²) in [6, 6.07) is 23.0. The number of ether oxygens (including phenoxy) is 4. The molecular formula is C36H33BrF8N6O5. The average molecular weight is 862 g/mol. The van der Waals surface area contributed by atoms with E-state index in [4.69, 9.17) is 23.6 Å². The molecule has 0 saturated heterocycles. The van der Waals surface area contributed by atoms with Gasteiger partial charge in [-0.1, -0.05) is 52.2 Å². The van der Waals surface area contributed by atoms with Crippen LogP contribution in [0.5, 0.6) is 23.0 Å². The number of carbonyl (C=O) groups excluding carboxylic acids is 1. The van der Waals surface area contributed by atoms with Crippen molar-refractivity contribution < 1.29 is 58.9 Å². The molecule has 0 saturated carbocycles. The van der Waals surface area contributed by atoms with Crippen LogP contribution >= 0.6 is 15.9 Å². The van der Waals surface area contributed by atoms with Gasteiger partial charge < -0.3 is 36.1 Å². The first-order chi connectivity index (χ1) is 26.4. The van der Waals surface area contributed by atoms with Crippen LogP contribution in [0.25, 0.3) is 0 Å². The standard InChI is InChI=1S/C18H15F4N3O3.C9H6F2O.C7H5BrF2O.C2H7N3/c1-25-14(26)18(24-17(25)23,10-5-7-12(8-6-10)27-15(19)20)11-3-2-4-13(9-11)28-16(21)22;1-2-7-4-3-5-8(6-7)12-9(10)11;8-5-1-3-6(4-2-5)11-7(9)10;1-5-2(3)4/h2-9,15-16H,1H3,(H2,23,24);1,3-6,9H;1-4,7H;1H3,(H4,3,4,5). The van der Waals surface area contributed by atoms with E-state index >= 15 is 0 Å². The van der Waals surface area contributed by atoms with Crippen molar-refractivity contribution in [2.75, 3.05) is 14.1 Å². The lowest BCUT2D eigenvalue weighted by Crippen LogP contribution is -2.41. The van der Waals surface area contributed by atoms with Crippen LogP contribution in [0.15, 0.2) is 112 Å². The highest BCUT2D eigenvalue weighted by molar-refractivity contribution is 9.10. The fourth-order valence-corrected chi connectivity index (χ4v) is 4.60. The SMILES string of the molecule is C#Cc1cccc(OC(F)F)c1.CN1C(=O)C(c2ccc(OC(F)F)cc2)(c2cccc(OC(F)F)c2)N=C1N.CN=C(N)N.FC(F)Oc1ccc(Br)cc1. The van der Waals surface area contributed by atoms with Gasteiger partial charge in [-0.15, -0.1) is 6.42 Å². The molecule has 1 atom stereocenters. The monoisotopic (exact) mass is 860 g/mol. The molecule has 5 rings (SSSR count). The Morgan fingerprint density at radius 2 is 1.16 bits per heavy atom. The minimum Gasteiger partial charge on any atom is -0.435 e. The summed E-state index contributed by atoms with van der Waals surface area (Å²) >= 11 is 3.17. The number of amides is 1. The number of rotatable bonds is 10. The molecule has 1 heterocycles. The lowest BCUT2D eigenvalue weighted by molar-refractivity contribution is -0.129. The molecule has 0 aromatic heterocycles. The second-order valence-electron chi connectivity index (χ2n) is 10.4. The summed E-state index contributed by atoms with van der Waals surface area (Å²) in [5, 5.41) is 0. The summed E-state index contributed by atoms with van der Waals surface area (Å²) in [6.07, 6.45) is 5.06. The third kappa shape index (κ3) is 14.5. The van der Waals surface area contributed by atoms with Crippen LogP contribution in [-0.2, 0) is 10.3 Å². The summed E-state index contributed by atoms with van der Waals surface area (Å²) in [6.45, 7) is -11.6. The molecule has 1 unspecified atom stereocenters. The number of nitrogens with two attached hydrogens (primary N) is 3. The van der Waals surface area contributed by atoms with E-state index in [1.165, 1.54) is 86.9 Å². The molecular weight excluding hydrogens is 828 g/mol. The molecule has 6 N–H and O–H groups in total. The molecule has 0 aliphatic carbocycles. The number of halogens is 9. The highest BCUT2D eigenvalue weighted by atomic mass is 79.9. The topological polar surface area (TPSA) is 160 Å². The second kappa shape index (κ2) is 22.2. The Balaban J connectivity index is 0.000000317. The Bertz CT molecular complexity index is 1950. The van der Waals surface area contributed by atoms with Gasteiger partial charge in [0.25, 0.3) is 5.91 Å². The number of carbonyl (C=O) groups is 1. The lowest BCUT2D eigenvalue weighted by atomic mass is 9.82. The zero-order valence-electron chi connectivity index (χ0n) is 29.1. The van der Waals surface area contributed by atoms with Gasteiger partial charge in [0.15, 0.2) is 17.5 Å². The van der Waals surface area contributed by atoms with E-state index in [0.29, 0.717) is 11.1 Å². The maximum atomic E-state index is 13.0. The van der Waals surface area contributed by atoms with Crippen molar-refractivity contribution in [3.8, 4) is 35.3 Å². The number of benzene rings is 4. The van der Waals surface area contributed by atoms with Gasteiger partial charge in [0, 0.05) is 24.1 Å². The van der Waals surface area contributed by atoms with Gasteiger partial charge in [-0.2, -0.15) is 35.1 Å². The van der Waals surface area contributed by atoms with Gasteiger partial charge >= 0.3 is 26.4 Å². The summed E-state index contributed by atoms with van der Waals surface area (Å²) in [5.41, 5.74) is 14.8. The summed E-state index contributed by atoms with van der Waals surface area (Å²) in [5.74, 6) is 1.80. The van der Waals surface area contributed by atoms with Gasteiger partial charge in [-0.3, -0.25) is 14.7 Å². The third-order valence-electron chi connectivity index (χ3n) is 6.74. The highest BCUT2D eigenvalue weighted by Gasteiger charge is 2.49. The quantitative estimate of drug-likeness (QED) is 0.0658. The first kappa shape index (κ1) is 45.9. The van der Waals surface area contributed by atoms with Crippen LogP contribution in [0.3, 0.4) is 0 Å². The number of likely N-dealkylation sites (N-methyl/N-ethyl adjacent to an activating group) is 1. The van der Waals surface area contributed by atoms with E-state index in [9.17, 15) is 39.9 Å². The van der Waals surface area contributed by atoms with Crippen molar-refractivity contribution in [1.82, 2.24) is 4.90 Å². The molecule has 4 aromatic rings. The number of aliphatic imine (C=N–C) groups is 2. The molecule has 11 nitrogen and oxygen atoms in total. The second-order valence-corrected chi connectivity index (χ2v) is 11.3. The van der Waals surface area contributed by atoms with Crippen molar-refractivity contribution in [2.45, 2.75) is 32.0 Å². The molecule has 4 aromatic carbocycles. The van der Waals surface area contributed by atoms with Gasteiger partial charge in [0.2, 0.25) is 0 Å². The zero-order chi connectivity index (χ0) is 42.0. The van der Waals surface area contributed by atoms with Crippen LogP contribution in [0, 0.1) is 12.3 Å². The number of hydrogen-bond donors (Lipinski definition) is 3. The Morgan fingerprint density at radius 3 is 1.57 bits per heavy atom. The Kier molecular flexibility index (Phi) is 18.2. The number of alkyl halides is 8. The smallest absolute Gasteiger partial charge is 0.387 e. The molecule has 1 aliphatic heterocycles. The molecule has 1 aliphatic rings. The maximum absolute atomic E-state index is 13.0. The molecule has 0 fully saturated rings. The normalized spacial score (nSPS) is 14.3. The van der Waals surface area contributed by atoms with Gasteiger partial charge in [0.1, 0.15) is 23.0 Å². The summed E-state index contributed by atoms with van der Waals surface area (Å²) < 4.78 is 114. The number of terminal acetylenes is 1. The number of nitrogens with zero attached hydrogens (tertiary/aromatic N) is 3. The van der Waals surface area contributed by atoms with Crippen molar-refractivity contribution in [3.05, 3.63) is 118 Å². The van der Waals surface area contributed by atoms with E-state index in [0.717, 1.165) is 9.37 Å². The largest absolute Gasteiger partial charge is 0.435 e. The Hall–Kier alpha value is -6.23. The van der Waals surface area contributed by atoms with Crippen molar-refractivity contribution in [1.29, 1.82) is 0 Å². The molecule has 56 heavy (non-hydrogen) atoms. The Labute approximate surface area is 323 Å². The minimum atomic E-state index is -3.05. The lowest BCUT2D eigenvalue weighted by Gasteiger charge is -2.26. The average Bonchev–Trinajstić information content (AvgIpc) is 3.37. The van der Waals surface area contributed by atoms with Gasteiger partial charge in [0.05, 0.1) is 0 Å². The van der Waals surface area contributed by atoms with Crippen LogP contribution in [0.1, 0.15) is 16.7 Å². The highest BCUT2D eigenvalue weighted by Crippen LogP contribution is 2.41. The van der Waals surface area contributed by atoms with E-state index in [-0.39, 0.29) is 40.5 Å². The molecule has 0 bridgehead atoms. The van der Waals surface area contributed by atoms with Crippen molar-refractivity contribution >= 4 is 33.8 Å². The molecule has 300 valence electrons. The van der Waals surface area contributed by atoms with Crippen LogP contribution in [0.4, 0.5) is 35.1 Å². The van der Waals surface area contributed by atoms with Crippen LogP contribution < -0.4 is 36.1 Å². The van der Waals surface area contributed by atoms with Crippen molar-refractivity contribution in [2.24, 2.45) is 27.2 Å². The molecule has 0 radical (unpaired) electrons. The first-order valence-electron chi connectivity index (χ1n) is 15.4. The predicted molar refractivity (Wildman–Crippen MR) is 195 cm³/mol. The van der Waals surface area contributed by atoms with E-state index in [1.54, 1.807) is 24.3 Å². The van der Waals surface area contributed by atoms with Gasteiger partial charge in [-0.05, 0) is 77.9 Å². The van der Waals surface area contributed by atoms with E-state index < -0.39 is 37.9 Å². The fourth-order valence-electron chi connectivity index (χ4n) is 4.34. The molecule has 20 heteroatoms. The molecule has 0 spiro atoms. The van der Waals surface area contributed by atoms with E-state index in [2.05, 4.69) is 50.8 Å². The van der Waals surface area contributed by atoms with Crippen LogP contribution in [-0.4, -0.2) is 63.3 Å². The number of guanidine groups is 2. The van der Waals surface area contributed by atoms with Crippen molar-refractivity contribution in [3.63, 3.8) is 0 Å².